The molecular formula is C19H13BrCl2N2O3S. The van der Waals surface area contributed by atoms with Crippen LogP contribution in [0.2, 0.25) is 10.0 Å². The molecule has 0 atom stereocenters. The van der Waals surface area contributed by atoms with Gasteiger partial charge in [-0.2, -0.15) is 0 Å². The van der Waals surface area contributed by atoms with Gasteiger partial charge in [0.15, 0.2) is 0 Å². The molecule has 0 aliphatic carbocycles. The summed E-state index contributed by atoms with van der Waals surface area (Å²) in [6.45, 7) is 0. The minimum atomic E-state index is -3.99. The summed E-state index contributed by atoms with van der Waals surface area (Å²) in [6.07, 6.45) is 0. The number of nitrogens with one attached hydrogen (secondary N) is 2. The number of halogens is 3. The topological polar surface area (TPSA) is 75.3 Å². The molecular weight excluding hydrogens is 487 g/mol. The summed E-state index contributed by atoms with van der Waals surface area (Å²) in [5, 5.41) is 3.22. The zero-order chi connectivity index (χ0) is 20.3. The number of sulfonamides is 1. The van der Waals surface area contributed by atoms with Crippen LogP contribution in [0.3, 0.4) is 0 Å². The lowest BCUT2D eigenvalue weighted by Crippen LogP contribution is -2.16. The highest BCUT2D eigenvalue weighted by atomic mass is 79.9. The minimum absolute atomic E-state index is 0.00709. The van der Waals surface area contributed by atoms with Crippen molar-refractivity contribution >= 4 is 66.4 Å². The summed E-state index contributed by atoms with van der Waals surface area (Å²) in [5.74, 6) is -0.473. The predicted octanol–water partition coefficient (Wildman–Crippen LogP) is 5.81. The van der Waals surface area contributed by atoms with Crippen molar-refractivity contribution in [3.63, 3.8) is 0 Å². The Hall–Kier alpha value is -2.06. The summed E-state index contributed by atoms with van der Waals surface area (Å²) in [5.41, 5.74) is 1.05. The molecule has 0 aromatic heterocycles. The van der Waals surface area contributed by atoms with Crippen LogP contribution in [0.25, 0.3) is 0 Å². The minimum Gasteiger partial charge on any atom is -0.322 e. The Morgan fingerprint density at radius 2 is 1.46 bits per heavy atom. The number of hydrogen-bond acceptors (Lipinski definition) is 3. The van der Waals surface area contributed by atoms with Gasteiger partial charge in [-0.15, -0.1) is 0 Å². The number of carbonyl (C=O) groups is 1. The van der Waals surface area contributed by atoms with Gasteiger partial charge in [0.05, 0.1) is 5.02 Å². The Morgan fingerprint density at radius 1 is 0.857 bits per heavy atom. The van der Waals surface area contributed by atoms with Crippen LogP contribution in [0.5, 0.6) is 0 Å². The SMILES string of the molecule is O=C(Nc1ccc(Cl)cc1)c1ccc(Cl)c(S(=O)(=O)Nc2ccc(Br)cc2)c1. The third-order valence-electron chi connectivity index (χ3n) is 3.68. The first-order valence-electron chi connectivity index (χ1n) is 7.89. The van der Waals surface area contributed by atoms with Crippen molar-refractivity contribution in [2.24, 2.45) is 0 Å². The van der Waals surface area contributed by atoms with Gasteiger partial charge in [0.1, 0.15) is 4.90 Å². The van der Waals surface area contributed by atoms with Gasteiger partial charge in [-0.05, 0) is 66.7 Å². The number of anilines is 2. The van der Waals surface area contributed by atoms with E-state index in [2.05, 4.69) is 26.0 Å². The van der Waals surface area contributed by atoms with E-state index in [1.54, 1.807) is 48.5 Å². The van der Waals surface area contributed by atoms with E-state index >= 15 is 0 Å². The maximum atomic E-state index is 12.7. The second kappa shape index (κ2) is 8.53. The first kappa shape index (κ1) is 20.7. The van der Waals surface area contributed by atoms with Crippen LogP contribution in [0.4, 0.5) is 11.4 Å². The fraction of sp³-hybridized carbons (Fsp3) is 0. The van der Waals surface area contributed by atoms with Gasteiger partial charge in [-0.3, -0.25) is 9.52 Å². The maximum absolute atomic E-state index is 12.7. The maximum Gasteiger partial charge on any atom is 0.263 e. The van der Waals surface area contributed by atoms with Crippen LogP contribution in [-0.2, 0) is 10.0 Å². The Kier molecular flexibility index (Phi) is 6.30. The lowest BCUT2D eigenvalue weighted by molar-refractivity contribution is 0.102. The lowest BCUT2D eigenvalue weighted by atomic mass is 10.2. The van der Waals surface area contributed by atoms with Crippen molar-refractivity contribution in [2.75, 3.05) is 10.0 Å². The Morgan fingerprint density at radius 3 is 2.11 bits per heavy atom. The molecule has 2 N–H and O–H groups in total. The molecule has 3 rings (SSSR count). The van der Waals surface area contributed by atoms with E-state index in [4.69, 9.17) is 23.2 Å². The van der Waals surface area contributed by atoms with Gasteiger partial charge in [-0.25, -0.2) is 8.42 Å². The molecule has 0 spiro atoms. The van der Waals surface area contributed by atoms with Gasteiger partial charge < -0.3 is 5.32 Å². The van der Waals surface area contributed by atoms with Crippen molar-refractivity contribution in [3.8, 4) is 0 Å². The molecule has 9 heteroatoms. The van der Waals surface area contributed by atoms with Crippen LogP contribution in [-0.4, -0.2) is 14.3 Å². The highest BCUT2D eigenvalue weighted by Crippen LogP contribution is 2.26. The Labute approximate surface area is 180 Å². The number of rotatable bonds is 5. The number of benzene rings is 3. The van der Waals surface area contributed by atoms with E-state index in [1.807, 2.05) is 0 Å². The third-order valence-corrected chi connectivity index (χ3v) is 6.32. The van der Waals surface area contributed by atoms with E-state index in [0.29, 0.717) is 16.4 Å². The smallest absolute Gasteiger partial charge is 0.263 e. The van der Waals surface area contributed by atoms with E-state index in [0.717, 1.165) is 4.47 Å². The van der Waals surface area contributed by atoms with Crippen LogP contribution in [0.15, 0.2) is 76.1 Å². The van der Waals surface area contributed by atoms with E-state index in [9.17, 15) is 13.2 Å². The molecule has 28 heavy (non-hydrogen) atoms. The summed E-state index contributed by atoms with van der Waals surface area (Å²) < 4.78 is 28.7. The van der Waals surface area contributed by atoms with Crippen molar-refractivity contribution in [1.82, 2.24) is 0 Å². The predicted molar refractivity (Wildman–Crippen MR) is 116 cm³/mol. The van der Waals surface area contributed by atoms with Crippen molar-refractivity contribution < 1.29 is 13.2 Å². The van der Waals surface area contributed by atoms with Crippen LogP contribution in [0.1, 0.15) is 10.4 Å². The molecule has 0 unspecified atom stereocenters. The number of hydrogen-bond donors (Lipinski definition) is 2. The van der Waals surface area contributed by atoms with Crippen LogP contribution < -0.4 is 10.0 Å². The summed E-state index contributed by atoms with van der Waals surface area (Å²) in [6, 6.07) is 17.2. The molecule has 0 radical (unpaired) electrons. The second-order valence-corrected chi connectivity index (χ2v) is 9.13. The fourth-order valence-corrected chi connectivity index (χ4v) is 4.29. The molecule has 0 saturated carbocycles. The molecule has 5 nitrogen and oxygen atoms in total. The van der Waals surface area contributed by atoms with Gasteiger partial charge in [0.2, 0.25) is 0 Å². The molecule has 0 aliphatic heterocycles. The largest absolute Gasteiger partial charge is 0.322 e. The Bertz CT molecular complexity index is 1120. The summed E-state index contributed by atoms with van der Waals surface area (Å²) in [7, 11) is -3.99. The molecule has 0 heterocycles. The third kappa shape index (κ3) is 5.05. The molecule has 144 valence electrons. The lowest BCUT2D eigenvalue weighted by Gasteiger charge is -2.11. The van der Waals surface area contributed by atoms with Gasteiger partial charge >= 0.3 is 0 Å². The quantitative estimate of drug-likeness (QED) is 0.465. The van der Waals surface area contributed by atoms with Crippen molar-refractivity contribution in [2.45, 2.75) is 4.90 Å². The average molecular weight is 500 g/mol. The monoisotopic (exact) mass is 498 g/mol. The highest BCUT2D eigenvalue weighted by molar-refractivity contribution is 9.10. The molecule has 3 aromatic rings. The van der Waals surface area contributed by atoms with Crippen LogP contribution in [0, 0.1) is 0 Å². The normalized spacial score (nSPS) is 11.1. The van der Waals surface area contributed by atoms with Crippen molar-refractivity contribution in [3.05, 3.63) is 86.8 Å². The first-order valence-corrected chi connectivity index (χ1v) is 10.9. The summed E-state index contributed by atoms with van der Waals surface area (Å²) >= 11 is 15.2. The standard InChI is InChI=1S/C19H13BrCl2N2O3S/c20-13-2-6-16(7-3-13)24-28(26,27)18-11-12(1-10-17(18)22)19(25)23-15-8-4-14(21)5-9-15/h1-11,24H,(H,23,25). The van der Waals surface area contributed by atoms with E-state index in [-0.39, 0.29) is 15.5 Å². The van der Waals surface area contributed by atoms with Gasteiger partial charge in [0.25, 0.3) is 15.9 Å². The molecule has 0 fully saturated rings. The van der Waals surface area contributed by atoms with Crippen LogP contribution >= 0.6 is 39.1 Å². The number of amides is 1. The van der Waals surface area contributed by atoms with E-state index < -0.39 is 15.9 Å². The second-order valence-electron chi connectivity index (χ2n) is 5.72. The highest BCUT2D eigenvalue weighted by Gasteiger charge is 2.20. The molecule has 0 bridgehead atoms. The van der Waals surface area contributed by atoms with Gasteiger partial charge in [0, 0.05) is 26.4 Å². The van der Waals surface area contributed by atoms with Crippen molar-refractivity contribution in [1.29, 1.82) is 0 Å². The average Bonchev–Trinajstić information content (AvgIpc) is 2.65. The Balaban J connectivity index is 1.86. The number of carbonyl (C=O) groups excluding carboxylic acids is 1. The molecule has 0 aliphatic rings. The van der Waals surface area contributed by atoms with E-state index in [1.165, 1.54) is 18.2 Å². The first-order chi connectivity index (χ1) is 13.2. The van der Waals surface area contributed by atoms with Gasteiger partial charge in [-0.1, -0.05) is 39.1 Å². The fourth-order valence-electron chi connectivity index (χ4n) is 2.32. The zero-order valence-corrected chi connectivity index (χ0v) is 18.0. The molecule has 1 amide bonds. The summed E-state index contributed by atoms with van der Waals surface area (Å²) in [4.78, 5) is 12.3. The molecule has 3 aromatic carbocycles. The molecule has 0 saturated heterocycles. The zero-order valence-electron chi connectivity index (χ0n) is 14.1.